The van der Waals surface area contributed by atoms with Gasteiger partial charge in [0.25, 0.3) is 0 Å². The summed E-state index contributed by atoms with van der Waals surface area (Å²) in [6, 6.07) is 5.15. The maximum absolute atomic E-state index is 12.8. The van der Waals surface area contributed by atoms with Gasteiger partial charge in [0.1, 0.15) is 11.6 Å². The third-order valence-electron chi connectivity index (χ3n) is 1.97. The number of benzene rings is 1. The smallest absolute Gasteiger partial charge is 0.414 e. The quantitative estimate of drug-likeness (QED) is 0.871. The minimum atomic E-state index is -1.00. The van der Waals surface area contributed by atoms with Crippen molar-refractivity contribution in [2.75, 3.05) is 13.6 Å². The van der Waals surface area contributed by atoms with Gasteiger partial charge in [0, 0.05) is 19.7 Å². The van der Waals surface area contributed by atoms with Gasteiger partial charge in [-0.1, -0.05) is 6.07 Å². The molecule has 92 valence electrons. The highest BCUT2D eigenvalue weighted by Crippen LogP contribution is 2.12. The van der Waals surface area contributed by atoms with E-state index in [2.05, 4.69) is 0 Å². The summed E-state index contributed by atoms with van der Waals surface area (Å²) in [5.74, 6) is -1.43. The van der Waals surface area contributed by atoms with Gasteiger partial charge in [0.2, 0.25) is 0 Å². The maximum atomic E-state index is 12.8. The number of halogens is 1. The molecule has 1 aromatic rings. The lowest BCUT2D eigenvalue weighted by molar-refractivity contribution is -0.137. The largest absolute Gasteiger partial charge is 0.481 e. The minimum absolute atomic E-state index is 0.0312. The fraction of sp³-hybridized carbons (Fsp3) is 0.273. The van der Waals surface area contributed by atoms with Crippen LogP contribution in [0.4, 0.5) is 9.18 Å². The van der Waals surface area contributed by atoms with Crippen LogP contribution >= 0.6 is 0 Å². The van der Waals surface area contributed by atoms with Crippen molar-refractivity contribution in [2.45, 2.75) is 6.42 Å². The topological polar surface area (TPSA) is 66.8 Å². The van der Waals surface area contributed by atoms with E-state index in [1.165, 1.54) is 25.2 Å². The molecule has 0 aliphatic rings. The molecule has 0 atom stereocenters. The van der Waals surface area contributed by atoms with Crippen molar-refractivity contribution in [3.05, 3.63) is 30.1 Å². The average molecular weight is 241 g/mol. The van der Waals surface area contributed by atoms with E-state index in [4.69, 9.17) is 9.84 Å². The van der Waals surface area contributed by atoms with Gasteiger partial charge in [0.15, 0.2) is 0 Å². The Labute approximate surface area is 97.4 Å². The fourth-order valence-electron chi connectivity index (χ4n) is 1.06. The monoisotopic (exact) mass is 241 g/mol. The molecule has 1 rings (SSSR count). The number of hydrogen-bond acceptors (Lipinski definition) is 3. The van der Waals surface area contributed by atoms with Gasteiger partial charge in [-0.2, -0.15) is 0 Å². The Bertz CT molecular complexity index is 422. The Hall–Kier alpha value is -2.11. The Morgan fingerprint density at radius 3 is 2.76 bits per heavy atom. The summed E-state index contributed by atoms with van der Waals surface area (Å²) >= 11 is 0. The predicted molar refractivity (Wildman–Crippen MR) is 57.3 cm³/mol. The molecule has 0 bridgehead atoms. The molecule has 1 amide bonds. The molecule has 1 N–H and O–H groups in total. The molecule has 0 radical (unpaired) electrons. The standard InChI is InChI=1S/C11H12FNO4/c1-13(6-5-10(14)15)11(16)17-9-4-2-3-8(12)7-9/h2-4,7H,5-6H2,1H3,(H,14,15). The number of carboxylic acids is 1. The lowest BCUT2D eigenvalue weighted by Gasteiger charge is -2.15. The number of nitrogens with zero attached hydrogens (tertiary/aromatic N) is 1. The number of amides is 1. The van der Waals surface area contributed by atoms with Crippen molar-refractivity contribution in [1.29, 1.82) is 0 Å². The Morgan fingerprint density at radius 1 is 1.47 bits per heavy atom. The van der Waals surface area contributed by atoms with Crippen molar-refractivity contribution in [3.63, 3.8) is 0 Å². The maximum Gasteiger partial charge on any atom is 0.414 e. The zero-order chi connectivity index (χ0) is 12.8. The normalized spacial score (nSPS) is 9.76. The number of carboxylic acid groups (broad SMARTS) is 1. The van der Waals surface area contributed by atoms with E-state index in [0.29, 0.717) is 0 Å². The Balaban J connectivity index is 2.51. The van der Waals surface area contributed by atoms with Gasteiger partial charge in [-0.05, 0) is 12.1 Å². The molecule has 6 heteroatoms. The van der Waals surface area contributed by atoms with Crippen LogP contribution in [-0.4, -0.2) is 35.7 Å². The first-order valence-electron chi connectivity index (χ1n) is 4.89. The predicted octanol–water partition coefficient (Wildman–Crippen LogP) is 1.73. The summed E-state index contributed by atoms with van der Waals surface area (Å²) in [5.41, 5.74) is 0. The summed E-state index contributed by atoms with van der Waals surface area (Å²) in [7, 11) is 1.41. The van der Waals surface area contributed by atoms with Crippen LogP contribution in [0.2, 0.25) is 0 Å². The summed E-state index contributed by atoms with van der Waals surface area (Å²) in [4.78, 5) is 22.8. The van der Waals surface area contributed by atoms with Crippen molar-refractivity contribution in [2.24, 2.45) is 0 Å². The van der Waals surface area contributed by atoms with Gasteiger partial charge in [0.05, 0.1) is 6.42 Å². The van der Waals surface area contributed by atoms with Gasteiger partial charge in [-0.3, -0.25) is 4.79 Å². The third kappa shape index (κ3) is 4.50. The number of rotatable bonds is 4. The molecule has 17 heavy (non-hydrogen) atoms. The second kappa shape index (κ2) is 5.83. The van der Waals surface area contributed by atoms with Crippen LogP contribution < -0.4 is 4.74 Å². The summed E-state index contributed by atoms with van der Waals surface area (Å²) < 4.78 is 17.6. The summed E-state index contributed by atoms with van der Waals surface area (Å²) in [5, 5.41) is 8.44. The van der Waals surface area contributed by atoms with Crippen molar-refractivity contribution < 1.29 is 23.8 Å². The Morgan fingerprint density at radius 2 is 2.18 bits per heavy atom. The molecule has 5 nitrogen and oxygen atoms in total. The zero-order valence-corrected chi connectivity index (χ0v) is 9.22. The van der Waals surface area contributed by atoms with Crippen molar-refractivity contribution in [1.82, 2.24) is 4.90 Å². The highest BCUT2D eigenvalue weighted by molar-refractivity contribution is 5.72. The van der Waals surface area contributed by atoms with E-state index < -0.39 is 17.9 Å². The first-order chi connectivity index (χ1) is 7.99. The molecule has 0 unspecified atom stereocenters. The van der Waals surface area contributed by atoms with Gasteiger partial charge < -0.3 is 14.7 Å². The third-order valence-corrected chi connectivity index (χ3v) is 1.97. The molecule has 0 aromatic heterocycles. The van der Waals surface area contributed by atoms with E-state index in [9.17, 15) is 14.0 Å². The average Bonchev–Trinajstić information content (AvgIpc) is 2.25. The first-order valence-corrected chi connectivity index (χ1v) is 4.89. The zero-order valence-electron chi connectivity index (χ0n) is 9.22. The molecular weight excluding hydrogens is 229 g/mol. The van der Waals surface area contributed by atoms with Gasteiger partial charge in [-0.15, -0.1) is 0 Å². The summed E-state index contributed by atoms with van der Waals surface area (Å²) in [6.07, 6.45) is -0.897. The highest BCUT2D eigenvalue weighted by atomic mass is 19.1. The number of carbonyl (C=O) groups excluding carboxylic acids is 1. The van der Waals surface area contributed by atoms with Crippen LogP contribution in [0.25, 0.3) is 0 Å². The number of ether oxygens (including phenoxy) is 1. The van der Waals surface area contributed by atoms with E-state index >= 15 is 0 Å². The molecule has 0 aliphatic heterocycles. The lowest BCUT2D eigenvalue weighted by Crippen LogP contribution is -2.31. The molecule has 0 spiro atoms. The molecule has 0 saturated heterocycles. The van der Waals surface area contributed by atoms with Crippen molar-refractivity contribution >= 4 is 12.1 Å². The van der Waals surface area contributed by atoms with Crippen LogP contribution in [0.3, 0.4) is 0 Å². The van der Waals surface area contributed by atoms with Crippen LogP contribution in [0.5, 0.6) is 5.75 Å². The van der Waals surface area contributed by atoms with Crippen LogP contribution in [0.1, 0.15) is 6.42 Å². The number of carbonyl (C=O) groups is 2. The fourth-order valence-corrected chi connectivity index (χ4v) is 1.06. The molecule has 0 saturated carbocycles. The van der Waals surface area contributed by atoms with Gasteiger partial charge >= 0.3 is 12.1 Å². The molecular formula is C11H12FNO4. The lowest BCUT2D eigenvalue weighted by atomic mass is 10.3. The molecule has 0 fully saturated rings. The van der Waals surface area contributed by atoms with Crippen LogP contribution in [0.15, 0.2) is 24.3 Å². The molecule has 0 heterocycles. The highest BCUT2D eigenvalue weighted by Gasteiger charge is 2.12. The van der Waals surface area contributed by atoms with E-state index in [0.717, 1.165) is 11.0 Å². The molecule has 0 aliphatic carbocycles. The van der Waals surface area contributed by atoms with Gasteiger partial charge in [-0.25, -0.2) is 9.18 Å². The number of hydrogen-bond donors (Lipinski definition) is 1. The SMILES string of the molecule is CN(CCC(=O)O)C(=O)Oc1cccc(F)c1. The first kappa shape index (κ1) is 13.0. The second-order valence-electron chi connectivity index (χ2n) is 3.39. The summed E-state index contributed by atoms with van der Waals surface area (Å²) in [6.45, 7) is 0.0312. The van der Waals surface area contributed by atoms with Crippen molar-refractivity contribution in [3.8, 4) is 5.75 Å². The second-order valence-corrected chi connectivity index (χ2v) is 3.39. The van der Waals surface area contributed by atoms with E-state index in [1.807, 2.05) is 0 Å². The minimum Gasteiger partial charge on any atom is -0.481 e. The van der Waals surface area contributed by atoms with E-state index in [1.54, 1.807) is 0 Å². The van der Waals surface area contributed by atoms with Crippen LogP contribution in [-0.2, 0) is 4.79 Å². The van der Waals surface area contributed by atoms with E-state index in [-0.39, 0.29) is 18.7 Å². The Kier molecular flexibility index (Phi) is 4.45. The number of aliphatic carboxylic acids is 1. The van der Waals surface area contributed by atoms with Crippen LogP contribution in [0, 0.1) is 5.82 Å². The molecule has 1 aromatic carbocycles.